The van der Waals surface area contributed by atoms with Gasteiger partial charge in [-0.3, -0.25) is 9.59 Å². The average molecular weight is 184 g/mol. The van der Waals surface area contributed by atoms with E-state index in [-0.39, 0.29) is 17.7 Å². The van der Waals surface area contributed by atoms with Crippen LogP contribution in [0.4, 0.5) is 0 Å². The van der Waals surface area contributed by atoms with Crippen LogP contribution in [0.5, 0.6) is 0 Å². The molecular weight excluding hydrogens is 168 g/mol. The van der Waals surface area contributed by atoms with Gasteiger partial charge in [0.05, 0.1) is 6.61 Å². The number of ketones is 1. The Balaban J connectivity index is 2.66. The third-order valence-corrected chi connectivity index (χ3v) is 2.41. The van der Waals surface area contributed by atoms with Gasteiger partial charge >= 0.3 is 5.97 Å². The summed E-state index contributed by atoms with van der Waals surface area (Å²) in [6.45, 7) is 5.75. The minimum Gasteiger partial charge on any atom is -0.465 e. The SMILES string of the molecule is CCOC(=O)C1(C(=O)C(C)C)CC1. The van der Waals surface area contributed by atoms with E-state index in [1.165, 1.54) is 0 Å². The van der Waals surface area contributed by atoms with E-state index < -0.39 is 5.41 Å². The average Bonchev–Trinajstić information content (AvgIpc) is 2.83. The molecule has 0 aromatic heterocycles. The zero-order valence-electron chi connectivity index (χ0n) is 8.42. The van der Waals surface area contributed by atoms with Gasteiger partial charge in [0.2, 0.25) is 0 Å². The van der Waals surface area contributed by atoms with Crippen LogP contribution in [0.15, 0.2) is 0 Å². The van der Waals surface area contributed by atoms with Crippen molar-refractivity contribution in [1.29, 1.82) is 0 Å². The number of carbonyl (C=O) groups is 2. The first kappa shape index (κ1) is 10.2. The summed E-state index contributed by atoms with van der Waals surface area (Å²) in [6.07, 6.45) is 1.34. The quantitative estimate of drug-likeness (QED) is 0.492. The monoisotopic (exact) mass is 184 g/mol. The largest absolute Gasteiger partial charge is 0.465 e. The maximum Gasteiger partial charge on any atom is 0.319 e. The molecule has 0 spiro atoms. The molecule has 1 aliphatic rings. The van der Waals surface area contributed by atoms with Gasteiger partial charge in [-0.1, -0.05) is 13.8 Å². The van der Waals surface area contributed by atoms with Crippen LogP contribution in [0.3, 0.4) is 0 Å². The molecule has 1 rings (SSSR count). The Kier molecular flexibility index (Phi) is 2.74. The lowest BCUT2D eigenvalue weighted by Gasteiger charge is -2.14. The van der Waals surface area contributed by atoms with Crippen LogP contribution >= 0.6 is 0 Å². The number of rotatable bonds is 4. The fourth-order valence-corrected chi connectivity index (χ4v) is 1.50. The van der Waals surface area contributed by atoms with E-state index in [1.54, 1.807) is 6.92 Å². The molecule has 0 radical (unpaired) electrons. The molecule has 0 N–H and O–H groups in total. The van der Waals surface area contributed by atoms with Gasteiger partial charge in [0.25, 0.3) is 0 Å². The summed E-state index contributed by atoms with van der Waals surface area (Å²) >= 11 is 0. The Morgan fingerprint density at radius 1 is 1.38 bits per heavy atom. The molecule has 0 heterocycles. The summed E-state index contributed by atoms with van der Waals surface area (Å²) in [5.41, 5.74) is -0.760. The van der Waals surface area contributed by atoms with Gasteiger partial charge in [-0.15, -0.1) is 0 Å². The normalized spacial score (nSPS) is 18.5. The molecule has 3 heteroatoms. The van der Waals surface area contributed by atoms with Gasteiger partial charge in [0, 0.05) is 5.92 Å². The molecule has 1 saturated carbocycles. The molecule has 0 atom stereocenters. The first-order valence-electron chi connectivity index (χ1n) is 4.76. The van der Waals surface area contributed by atoms with Crippen LogP contribution in [0.25, 0.3) is 0 Å². The number of Topliss-reactive ketones (excluding diaryl/α,β-unsaturated/α-hetero) is 1. The molecule has 1 fully saturated rings. The Labute approximate surface area is 78.5 Å². The van der Waals surface area contributed by atoms with Gasteiger partial charge < -0.3 is 4.74 Å². The topological polar surface area (TPSA) is 43.4 Å². The Morgan fingerprint density at radius 3 is 2.23 bits per heavy atom. The molecule has 0 saturated heterocycles. The maximum absolute atomic E-state index is 11.6. The molecule has 0 unspecified atom stereocenters. The van der Waals surface area contributed by atoms with Crippen molar-refractivity contribution < 1.29 is 14.3 Å². The second-order valence-corrected chi connectivity index (χ2v) is 3.82. The van der Waals surface area contributed by atoms with Crippen LogP contribution in [0, 0.1) is 11.3 Å². The summed E-state index contributed by atoms with van der Waals surface area (Å²) in [4.78, 5) is 23.1. The summed E-state index contributed by atoms with van der Waals surface area (Å²) in [7, 11) is 0. The van der Waals surface area contributed by atoms with Crippen molar-refractivity contribution in [3.63, 3.8) is 0 Å². The summed E-state index contributed by atoms with van der Waals surface area (Å²) in [5, 5.41) is 0. The van der Waals surface area contributed by atoms with Crippen molar-refractivity contribution in [1.82, 2.24) is 0 Å². The predicted octanol–water partition coefficient (Wildman–Crippen LogP) is 1.55. The van der Waals surface area contributed by atoms with Crippen molar-refractivity contribution in [3.05, 3.63) is 0 Å². The van der Waals surface area contributed by atoms with Gasteiger partial charge in [-0.25, -0.2) is 0 Å². The summed E-state index contributed by atoms with van der Waals surface area (Å²) in [6, 6.07) is 0. The molecule has 0 aromatic rings. The van der Waals surface area contributed by atoms with Crippen LogP contribution in [-0.4, -0.2) is 18.4 Å². The van der Waals surface area contributed by atoms with E-state index in [1.807, 2.05) is 13.8 Å². The lowest BCUT2D eigenvalue weighted by atomic mass is 9.92. The van der Waals surface area contributed by atoms with Crippen molar-refractivity contribution in [2.75, 3.05) is 6.61 Å². The van der Waals surface area contributed by atoms with Gasteiger partial charge in [-0.2, -0.15) is 0 Å². The number of esters is 1. The highest BCUT2D eigenvalue weighted by Crippen LogP contribution is 2.49. The first-order valence-corrected chi connectivity index (χ1v) is 4.76. The van der Waals surface area contributed by atoms with E-state index in [0.29, 0.717) is 19.4 Å². The molecule has 13 heavy (non-hydrogen) atoms. The third kappa shape index (κ3) is 1.74. The van der Waals surface area contributed by atoms with Crippen molar-refractivity contribution in [2.24, 2.45) is 11.3 Å². The van der Waals surface area contributed by atoms with Crippen molar-refractivity contribution in [3.8, 4) is 0 Å². The Morgan fingerprint density at radius 2 is 1.92 bits per heavy atom. The number of ether oxygens (including phenoxy) is 1. The molecule has 0 aromatic carbocycles. The van der Waals surface area contributed by atoms with E-state index in [0.717, 1.165) is 0 Å². The fourth-order valence-electron chi connectivity index (χ4n) is 1.50. The van der Waals surface area contributed by atoms with Crippen LogP contribution in [0.1, 0.15) is 33.6 Å². The Bertz CT molecular complexity index is 226. The van der Waals surface area contributed by atoms with E-state index in [2.05, 4.69) is 0 Å². The minimum absolute atomic E-state index is 0.0333. The number of hydrogen-bond acceptors (Lipinski definition) is 3. The standard InChI is InChI=1S/C10H16O3/c1-4-13-9(12)10(5-6-10)8(11)7(2)3/h7H,4-6H2,1-3H3. The number of hydrogen-bond donors (Lipinski definition) is 0. The maximum atomic E-state index is 11.6. The summed E-state index contributed by atoms with van der Waals surface area (Å²) < 4.78 is 4.88. The highest BCUT2D eigenvalue weighted by Gasteiger charge is 2.57. The van der Waals surface area contributed by atoms with Crippen LogP contribution in [0.2, 0.25) is 0 Å². The second kappa shape index (κ2) is 3.48. The minimum atomic E-state index is -0.760. The van der Waals surface area contributed by atoms with Crippen LogP contribution < -0.4 is 0 Å². The van der Waals surface area contributed by atoms with Crippen molar-refractivity contribution >= 4 is 11.8 Å². The molecule has 0 aliphatic heterocycles. The smallest absolute Gasteiger partial charge is 0.319 e. The lowest BCUT2D eigenvalue weighted by molar-refractivity contribution is -0.154. The number of carbonyl (C=O) groups excluding carboxylic acids is 2. The molecular formula is C10H16O3. The second-order valence-electron chi connectivity index (χ2n) is 3.82. The van der Waals surface area contributed by atoms with E-state index >= 15 is 0 Å². The third-order valence-electron chi connectivity index (χ3n) is 2.41. The lowest BCUT2D eigenvalue weighted by Crippen LogP contribution is -2.31. The molecule has 0 amide bonds. The molecule has 1 aliphatic carbocycles. The van der Waals surface area contributed by atoms with Gasteiger partial charge in [0.1, 0.15) is 5.41 Å². The zero-order chi connectivity index (χ0) is 10.1. The highest BCUT2D eigenvalue weighted by atomic mass is 16.5. The van der Waals surface area contributed by atoms with E-state index in [9.17, 15) is 9.59 Å². The first-order chi connectivity index (χ1) is 6.04. The van der Waals surface area contributed by atoms with Crippen LogP contribution in [-0.2, 0) is 14.3 Å². The molecule has 3 nitrogen and oxygen atoms in total. The summed E-state index contributed by atoms with van der Waals surface area (Å²) in [5.74, 6) is -0.369. The zero-order valence-corrected chi connectivity index (χ0v) is 8.42. The molecule has 0 bridgehead atoms. The molecule has 74 valence electrons. The fraction of sp³-hybridized carbons (Fsp3) is 0.800. The predicted molar refractivity (Wildman–Crippen MR) is 48.1 cm³/mol. The van der Waals surface area contributed by atoms with Gasteiger partial charge in [-0.05, 0) is 19.8 Å². The van der Waals surface area contributed by atoms with Crippen molar-refractivity contribution in [2.45, 2.75) is 33.6 Å². The highest BCUT2D eigenvalue weighted by molar-refractivity contribution is 6.07. The van der Waals surface area contributed by atoms with Gasteiger partial charge in [0.15, 0.2) is 5.78 Å². The van der Waals surface area contributed by atoms with E-state index in [4.69, 9.17) is 4.74 Å². The Hall–Kier alpha value is -0.860.